The van der Waals surface area contributed by atoms with Crippen molar-refractivity contribution in [2.75, 3.05) is 5.73 Å². The Morgan fingerprint density at radius 3 is 2.32 bits per heavy atom. The maximum absolute atomic E-state index is 13.7. The SMILES string of the molecule is CC(C)n1cc(-c2nc(C(=O)O)c(N)nc2-c2ccc(F)c(F)c2)ccc1=O. The van der Waals surface area contributed by atoms with Gasteiger partial charge in [-0.15, -0.1) is 0 Å². The van der Waals surface area contributed by atoms with Gasteiger partial charge in [0, 0.05) is 29.4 Å². The number of anilines is 1. The van der Waals surface area contributed by atoms with Gasteiger partial charge in [0.05, 0.1) is 11.4 Å². The van der Waals surface area contributed by atoms with Gasteiger partial charge in [-0.2, -0.15) is 0 Å². The monoisotopic (exact) mass is 386 g/mol. The van der Waals surface area contributed by atoms with Crippen LogP contribution in [0.15, 0.2) is 41.3 Å². The number of nitrogens with zero attached hydrogens (tertiary/aromatic N) is 3. The Bertz CT molecular complexity index is 1140. The Balaban J connectivity index is 2.33. The van der Waals surface area contributed by atoms with Crippen LogP contribution in [0, 0.1) is 11.6 Å². The molecule has 0 atom stereocenters. The van der Waals surface area contributed by atoms with Crippen molar-refractivity contribution < 1.29 is 18.7 Å². The van der Waals surface area contributed by atoms with Crippen molar-refractivity contribution in [2.45, 2.75) is 19.9 Å². The van der Waals surface area contributed by atoms with Gasteiger partial charge in [-0.3, -0.25) is 4.79 Å². The maximum Gasteiger partial charge on any atom is 0.358 e. The first-order valence-electron chi connectivity index (χ1n) is 8.28. The summed E-state index contributed by atoms with van der Waals surface area (Å²) in [6, 6.07) is 5.72. The normalized spacial score (nSPS) is 11.0. The zero-order chi connectivity index (χ0) is 20.6. The number of pyridine rings is 1. The molecule has 0 aliphatic heterocycles. The van der Waals surface area contributed by atoms with E-state index in [0.29, 0.717) is 5.56 Å². The second-order valence-corrected chi connectivity index (χ2v) is 6.35. The largest absolute Gasteiger partial charge is 0.476 e. The molecule has 0 amide bonds. The Labute approximate surface area is 158 Å². The molecule has 7 nitrogen and oxygen atoms in total. The first-order chi connectivity index (χ1) is 13.2. The second kappa shape index (κ2) is 7.18. The minimum atomic E-state index is -1.39. The van der Waals surface area contributed by atoms with Gasteiger partial charge in [0.25, 0.3) is 5.56 Å². The van der Waals surface area contributed by atoms with Gasteiger partial charge < -0.3 is 15.4 Å². The predicted molar refractivity (Wildman–Crippen MR) is 98.8 cm³/mol. The summed E-state index contributed by atoms with van der Waals surface area (Å²) in [6.45, 7) is 3.61. The fourth-order valence-corrected chi connectivity index (χ4v) is 2.70. The van der Waals surface area contributed by atoms with Crippen LogP contribution < -0.4 is 11.3 Å². The van der Waals surface area contributed by atoms with E-state index in [2.05, 4.69) is 9.97 Å². The fourth-order valence-electron chi connectivity index (χ4n) is 2.70. The Morgan fingerprint density at radius 2 is 1.71 bits per heavy atom. The number of carboxylic acids is 1. The minimum Gasteiger partial charge on any atom is -0.476 e. The first-order valence-corrected chi connectivity index (χ1v) is 8.28. The molecule has 3 N–H and O–H groups in total. The number of hydrogen-bond donors (Lipinski definition) is 2. The lowest BCUT2D eigenvalue weighted by molar-refractivity contribution is 0.0691. The summed E-state index contributed by atoms with van der Waals surface area (Å²) >= 11 is 0. The molecule has 3 aromatic rings. The van der Waals surface area contributed by atoms with Crippen molar-refractivity contribution in [2.24, 2.45) is 0 Å². The zero-order valence-electron chi connectivity index (χ0n) is 15.0. The molecular weight excluding hydrogens is 370 g/mol. The molecule has 0 bridgehead atoms. The van der Waals surface area contributed by atoms with Crippen molar-refractivity contribution in [3.8, 4) is 22.5 Å². The van der Waals surface area contributed by atoms with Crippen LogP contribution in [0.2, 0.25) is 0 Å². The van der Waals surface area contributed by atoms with E-state index in [1.807, 2.05) is 0 Å². The minimum absolute atomic E-state index is 0.0651. The van der Waals surface area contributed by atoms with E-state index in [1.165, 1.54) is 29.0 Å². The summed E-state index contributed by atoms with van der Waals surface area (Å²) in [6.07, 6.45) is 1.50. The molecule has 0 saturated heterocycles. The lowest BCUT2D eigenvalue weighted by Gasteiger charge is -2.14. The van der Waals surface area contributed by atoms with Crippen LogP contribution in [0.4, 0.5) is 14.6 Å². The van der Waals surface area contributed by atoms with Crippen LogP contribution in [0.1, 0.15) is 30.4 Å². The molecule has 144 valence electrons. The van der Waals surface area contributed by atoms with Gasteiger partial charge in [0.15, 0.2) is 23.1 Å². The van der Waals surface area contributed by atoms with Gasteiger partial charge in [0.2, 0.25) is 0 Å². The average Bonchev–Trinajstić information content (AvgIpc) is 2.64. The van der Waals surface area contributed by atoms with Gasteiger partial charge in [-0.25, -0.2) is 23.5 Å². The zero-order valence-corrected chi connectivity index (χ0v) is 15.0. The molecule has 0 unspecified atom stereocenters. The smallest absolute Gasteiger partial charge is 0.358 e. The number of benzene rings is 1. The Hall–Kier alpha value is -3.62. The first kappa shape index (κ1) is 19.2. The van der Waals surface area contributed by atoms with Crippen molar-refractivity contribution >= 4 is 11.8 Å². The van der Waals surface area contributed by atoms with E-state index in [4.69, 9.17) is 5.73 Å². The Kier molecular flexibility index (Phi) is 4.91. The van der Waals surface area contributed by atoms with Crippen LogP contribution in [-0.2, 0) is 0 Å². The molecule has 9 heteroatoms. The molecule has 0 radical (unpaired) electrons. The second-order valence-electron chi connectivity index (χ2n) is 6.35. The van der Waals surface area contributed by atoms with E-state index in [-0.39, 0.29) is 34.4 Å². The van der Waals surface area contributed by atoms with E-state index in [1.54, 1.807) is 13.8 Å². The van der Waals surface area contributed by atoms with E-state index in [0.717, 1.165) is 12.1 Å². The molecule has 0 saturated carbocycles. The molecule has 0 aliphatic rings. The van der Waals surface area contributed by atoms with E-state index in [9.17, 15) is 23.5 Å². The third kappa shape index (κ3) is 3.46. The standard InChI is InChI=1S/C19H16F2N4O3/c1-9(2)25-8-11(4-6-14(25)26)16-15(10-3-5-12(20)13(21)7-10)24-18(22)17(23-16)19(27)28/h3-9H,1-2H3,(H2,22,24)(H,27,28). The summed E-state index contributed by atoms with van der Waals surface area (Å²) in [7, 11) is 0. The lowest BCUT2D eigenvalue weighted by Crippen LogP contribution is -2.20. The fraction of sp³-hybridized carbons (Fsp3) is 0.158. The molecule has 0 aliphatic carbocycles. The van der Waals surface area contributed by atoms with Gasteiger partial charge in [-0.1, -0.05) is 0 Å². The highest BCUT2D eigenvalue weighted by atomic mass is 19.2. The molecule has 2 heterocycles. The number of hydrogen-bond acceptors (Lipinski definition) is 5. The molecule has 2 aromatic heterocycles. The van der Waals surface area contributed by atoms with Gasteiger partial charge in [-0.05, 0) is 38.1 Å². The third-order valence-corrected chi connectivity index (χ3v) is 4.09. The number of nitrogens with two attached hydrogens (primary N) is 1. The van der Waals surface area contributed by atoms with Crippen molar-refractivity contribution in [3.63, 3.8) is 0 Å². The highest BCUT2D eigenvalue weighted by Gasteiger charge is 2.21. The quantitative estimate of drug-likeness (QED) is 0.713. The van der Waals surface area contributed by atoms with Crippen LogP contribution >= 0.6 is 0 Å². The molecule has 0 fully saturated rings. The summed E-state index contributed by atoms with van der Waals surface area (Å²) in [4.78, 5) is 31.6. The summed E-state index contributed by atoms with van der Waals surface area (Å²) in [5.41, 5.74) is 5.64. The van der Waals surface area contributed by atoms with Gasteiger partial charge >= 0.3 is 5.97 Å². The van der Waals surface area contributed by atoms with E-state index >= 15 is 0 Å². The number of carboxylic acid groups (broad SMARTS) is 1. The number of aromatic carboxylic acids is 1. The highest BCUT2D eigenvalue weighted by Crippen LogP contribution is 2.31. The third-order valence-electron chi connectivity index (χ3n) is 4.09. The number of rotatable bonds is 4. The van der Waals surface area contributed by atoms with Crippen LogP contribution in [0.3, 0.4) is 0 Å². The van der Waals surface area contributed by atoms with Crippen molar-refractivity contribution in [1.29, 1.82) is 0 Å². The van der Waals surface area contributed by atoms with E-state index < -0.39 is 23.3 Å². The predicted octanol–water partition coefficient (Wildman–Crippen LogP) is 3.11. The van der Waals surface area contributed by atoms with Gasteiger partial charge in [0.1, 0.15) is 0 Å². The lowest BCUT2D eigenvalue weighted by atomic mass is 10.0. The highest BCUT2D eigenvalue weighted by molar-refractivity contribution is 5.92. The number of halogens is 2. The number of nitrogen functional groups attached to an aromatic ring is 1. The van der Waals surface area contributed by atoms with Crippen LogP contribution in [0.5, 0.6) is 0 Å². The molecule has 1 aromatic carbocycles. The maximum atomic E-state index is 13.7. The summed E-state index contributed by atoms with van der Waals surface area (Å²) in [5.74, 6) is -3.89. The topological polar surface area (TPSA) is 111 Å². The number of carbonyl (C=O) groups is 1. The summed E-state index contributed by atoms with van der Waals surface area (Å²) < 4.78 is 28.5. The number of aromatic nitrogens is 3. The van der Waals surface area contributed by atoms with Crippen LogP contribution in [-0.4, -0.2) is 25.6 Å². The average molecular weight is 386 g/mol. The Morgan fingerprint density at radius 1 is 1.07 bits per heavy atom. The molecule has 28 heavy (non-hydrogen) atoms. The van der Waals surface area contributed by atoms with Crippen molar-refractivity contribution in [3.05, 3.63) is 64.2 Å². The molecule has 0 spiro atoms. The molecular formula is C19H16F2N4O3. The molecule has 3 rings (SSSR count). The van der Waals surface area contributed by atoms with Crippen molar-refractivity contribution in [1.82, 2.24) is 14.5 Å². The van der Waals surface area contributed by atoms with Crippen LogP contribution in [0.25, 0.3) is 22.5 Å². The summed E-state index contributed by atoms with van der Waals surface area (Å²) in [5, 5.41) is 9.32.